The van der Waals surface area contributed by atoms with Gasteiger partial charge in [0.05, 0.1) is 18.9 Å². The van der Waals surface area contributed by atoms with Gasteiger partial charge in [-0.3, -0.25) is 9.59 Å². The van der Waals surface area contributed by atoms with E-state index in [4.69, 9.17) is 5.11 Å². The van der Waals surface area contributed by atoms with Crippen LogP contribution in [0.2, 0.25) is 0 Å². The Morgan fingerprint density at radius 3 is 2.62 bits per heavy atom. The third-order valence-corrected chi connectivity index (χ3v) is 5.80. The number of hydrazone groups is 1. The largest absolute Gasteiger partial charge is 0.394 e. The fraction of sp³-hybridized carbons (Fsp3) is 0.421. The molecule has 9 nitrogen and oxygen atoms in total. The lowest BCUT2D eigenvalue weighted by atomic mass is 10.1. The number of amides is 2. The van der Waals surface area contributed by atoms with Crippen molar-refractivity contribution in [2.75, 3.05) is 50.0 Å². The van der Waals surface area contributed by atoms with Gasteiger partial charge in [0.1, 0.15) is 11.8 Å². The van der Waals surface area contributed by atoms with Crippen molar-refractivity contribution in [3.8, 4) is 0 Å². The number of benzene rings is 1. The van der Waals surface area contributed by atoms with Crippen LogP contribution in [-0.2, 0) is 9.59 Å². The number of nitrogens with zero attached hydrogens (tertiary/aromatic N) is 6. The highest BCUT2D eigenvalue weighted by Gasteiger charge is 2.35. The molecular formula is C19H22N6O3S. The maximum absolute atomic E-state index is 12.6. The average molecular weight is 414 g/mol. The summed E-state index contributed by atoms with van der Waals surface area (Å²) in [5, 5.41) is 15.0. The van der Waals surface area contributed by atoms with E-state index in [1.807, 2.05) is 23.1 Å². The van der Waals surface area contributed by atoms with Gasteiger partial charge in [-0.05, 0) is 12.1 Å². The van der Waals surface area contributed by atoms with E-state index >= 15 is 0 Å². The minimum absolute atomic E-state index is 0.00932. The minimum Gasteiger partial charge on any atom is -0.394 e. The van der Waals surface area contributed by atoms with Crippen LogP contribution in [0.15, 0.2) is 45.4 Å². The third kappa shape index (κ3) is 4.33. The molecule has 1 fully saturated rings. The Balaban J connectivity index is 1.30. The number of amidine groups is 2. The molecule has 152 valence electrons. The van der Waals surface area contributed by atoms with Gasteiger partial charge >= 0.3 is 0 Å². The van der Waals surface area contributed by atoms with Crippen molar-refractivity contribution >= 4 is 46.5 Å². The summed E-state index contributed by atoms with van der Waals surface area (Å²) < 4.78 is 0. The zero-order chi connectivity index (χ0) is 20.2. The lowest BCUT2D eigenvalue weighted by Gasteiger charge is -2.36. The monoisotopic (exact) mass is 414 g/mol. The second kappa shape index (κ2) is 8.75. The van der Waals surface area contributed by atoms with Crippen LogP contribution in [0.25, 0.3) is 0 Å². The van der Waals surface area contributed by atoms with Gasteiger partial charge in [0.25, 0.3) is 5.91 Å². The highest BCUT2D eigenvalue weighted by atomic mass is 32.2. The van der Waals surface area contributed by atoms with Crippen molar-refractivity contribution in [1.82, 2.24) is 9.91 Å². The van der Waals surface area contributed by atoms with E-state index in [1.165, 1.54) is 16.9 Å². The van der Waals surface area contributed by atoms with Gasteiger partial charge in [-0.2, -0.15) is 10.1 Å². The second-order valence-corrected chi connectivity index (χ2v) is 7.73. The van der Waals surface area contributed by atoms with Crippen molar-refractivity contribution < 1.29 is 14.7 Å². The van der Waals surface area contributed by atoms with Crippen LogP contribution >= 0.6 is 11.8 Å². The van der Waals surface area contributed by atoms with Crippen LogP contribution in [-0.4, -0.2) is 89.1 Å². The molecule has 2 amide bonds. The Labute approximate surface area is 172 Å². The van der Waals surface area contributed by atoms with Crippen LogP contribution in [0.5, 0.6) is 0 Å². The number of piperazine rings is 1. The number of thioether (sulfide) groups is 1. The maximum Gasteiger partial charge on any atom is 0.264 e. The predicted octanol–water partition coefficient (Wildman–Crippen LogP) is 0.273. The molecule has 3 aliphatic rings. The number of aliphatic hydroxyl groups excluding tert-OH is 1. The number of β-amino-alcohol motifs (C(OH)–C–C–N with tert-alkyl or cyclic N) is 1. The number of para-hydroxylation sites is 1. The van der Waals surface area contributed by atoms with E-state index in [2.05, 4.69) is 32.1 Å². The molecule has 0 bridgehead atoms. The molecule has 1 aromatic rings. The molecule has 4 rings (SSSR count). The van der Waals surface area contributed by atoms with E-state index in [9.17, 15) is 9.59 Å². The summed E-state index contributed by atoms with van der Waals surface area (Å²) in [7, 11) is 0. The van der Waals surface area contributed by atoms with Crippen molar-refractivity contribution in [2.24, 2.45) is 21.0 Å². The average Bonchev–Trinajstić information content (AvgIpc) is 3.16. The number of fused-ring (bicyclic) bond motifs is 1. The van der Waals surface area contributed by atoms with Crippen molar-refractivity contribution in [2.45, 2.75) is 0 Å². The van der Waals surface area contributed by atoms with E-state index in [0.29, 0.717) is 18.9 Å². The van der Waals surface area contributed by atoms with Crippen LogP contribution in [0.4, 0.5) is 5.69 Å². The first kappa shape index (κ1) is 19.6. The Kier molecular flexibility index (Phi) is 5.91. The Hall–Kier alpha value is -2.72. The third-order valence-electron chi connectivity index (χ3n) is 4.97. The Morgan fingerprint density at radius 1 is 1.14 bits per heavy atom. The highest BCUT2D eigenvalue weighted by Crippen LogP contribution is 2.22. The Bertz CT molecular complexity index is 864. The number of aliphatic hydroxyl groups is 1. The first-order chi connectivity index (χ1) is 14.2. The lowest BCUT2D eigenvalue weighted by Crippen LogP contribution is -2.49. The number of carbonyl (C=O) groups excluding carboxylic acids is 2. The summed E-state index contributed by atoms with van der Waals surface area (Å²) in [5.41, 5.74) is 1.17. The first-order valence-electron chi connectivity index (χ1n) is 9.50. The van der Waals surface area contributed by atoms with Gasteiger partial charge < -0.3 is 14.9 Å². The molecule has 1 unspecified atom stereocenters. The van der Waals surface area contributed by atoms with E-state index in [1.54, 1.807) is 0 Å². The van der Waals surface area contributed by atoms with Crippen molar-refractivity contribution in [1.29, 1.82) is 0 Å². The molecule has 0 aromatic heterocycles. The number of rotatable bonds is 5. The van der Waals surface area contributed by atoms with Gasteiger partial charge in [0.15, 0.2) is 5.17 Å². The predicted molar refractivity (Wildman–Crippen MR) is 113 cm³/mol. The summed E-state index contributed by atoms with van der Waals surface area (Å²) in [4.78, 5) is 37.2. The smallest absolute Gasteiger partial charge is 0.264 e. The number of anilines is 1. The molecule has 0 radical (unpaired) electrons. The van der Waals surface area contributed by atoms with Crippen LogP contribution in [0.1, 0.15) is 0 Å². The van der Waals surface area contributed by atoms with Gasteiger partial charge in [-0.25, -0.2) is 10.0 Å². The molecule has 10 heteroatoms. The van der Waals surface area contributed by atoms with Crippen LogP contribution in [0.3, 0.4) is 0 Å². The highest BCUT2D eigenvalue weighted by molar-refractivity contribution is 8.14. The van der Waals surface area contributed by atoms with Crippen molar-refractivity contribution in [3.63, 3.8) is 0 Å². The van der Waals surface area contributed by atoms with Gasteiger partial charge in [-0.1, -0.05) is 30.0 Å². The summed E-state index contributed by atoms with van der Waals surface area (Å²) in [6.45, 7) is 3.07. The summed E-state index contributed by atoms with van der Waals surface area (Å²) in [5.74, 6) is -0.279. The number of hydrogen-bond acceptors (Lipinski definition) is 8. The van der Waals surface area contributed by atoms with Crippen LogP contribution < -0.4 is 4.90 Å². The molecule has 29 heavy (non-hydrogen) atoms. The molecule has 0 spiro atoms. The molecule has 3 heterocycles. The Morgan fingerprint density at radius 2 is 1.90 bits per heavy atom. The standard InChI is InChI=1S/C19H22N6O3S/c26-11-10-25-17-15(12-20-25)18(28)22-19(21-17)29-13-16(27)24-8-6-23(7-9-24)14-4-2-1-3-5-14/h1-5,12,15,26H,6-11,13H2. The fourth-order valence-electron chi connectivity index (χ4n) is 3.42. The number of carbonyl (C=O) groups is 2. The van der Waals surface area contributed by atoms with Crippen molar-refractivity contribution in [3.05, 3.63) is 30.3 Å². The maximum atomic E-state index is 12.6. The van der Waals surface area contributed by atoms with E-state index in [0.717, 1.165) is 24.9 Å². The van der Waals surface area contributed by atoms with Gasteiger partial charge in [0, 0.05) is 38.1 Å². The molecule has 1 saturated heterocycles. The molecular weight excluding hydrogens is 392 g/mol. The second-order valence-electron chi connectivity index (χ2n) is 6.78. The number of hydrogen-bond donors (Lipinski definition) is 1. The molecule has 1 aromatic carbocycles. The number of aliphatic imine (C=N–C) groups is 2. The van der Waals surface area contributed by atoms with E-state index in [-0.39, 0.29) is 35.9 Å². The lowest BCUT2D eigenvalue weighted by molar-refractivity contribution is -0.128. The zero-order valence-corrected chi connectivity index (χ0v) is 16.7. The summed E-state index contributed by atoms with van der Waals surface area (Å²) >= 11 is 1.16. The minimum atomic E-state index is -0.590. The molecule has 0 saturated carbocycles. The SMILES string of the molecule is O=C1N=C(SCC(=O)N2CCN(c3ccccc3)CC2)N=C2C1C=NN2CCO. The molecule has 1 N–H and O–H groups in total. The normalized spacial score (nSPS) is 21.2. The zero-order valence-electron chi connectivity index (χ0n) is 15.8. The summed E-state index contributed by atoms with van der Waals surface area (Å²) in [6, 6.07) is 10.2. The molecule has 1 atom stereocenters. The molecule has 0 aliphatic carbocycles. The van der Waals surface area contributed by atoms with E-state index < -0.39 is 5.92 Å². The topological polar surface area (TPSA) is 101 Å². The summed E-state index contributed by atoms with van der Waals surface area (Å²) in [6.07, 6.45) is 1.49. The van der Waals surface area contributed by atoms with Crippen LogP contribution in [0, 0.1) is 5.92 Å². The quantitative estimate of drug-likeness (QED) is 0.742. The fourth-order valence-corrected chi connectivity index (χ4v) is 4.17. The molecule has 3 aliphatic heterocycles. The first-order valence-corrected chi connectivity index (χ1v) is 10.5. The van der Waals surface area contributed by atoms with Gasteiger partial charge in [0.2, 0.25) is 5.91 Å². The van der Waals surface area contributed by atoms with Gasteiger partial charge in [-0.15, -0.1) is 0 Å².